The van der Waals surface area contributed by atoms with E-state index < -0.39 is 0 Å². The standard InChI is InChI=1S/C20H23BrN6/c1-14-12-16(21)4-5-17(14)24-19-13-18(15-6-8-22-9-7-15)25-20(26-19)23-10-11-27(2)3/h4-9,12-13H,10-11H2,1-3H3,(H2,23,24,25,26). The number of hydrogen-bond donors (Lipinski definition) is 2. The van der Waals surface area contributed by atoms with Crippen LogP contribution < -0.4 is 10.6 Å². The van der Waals surface area contributed by atoms with Crippen molar-refractivity contribution in [3.8, 4) is 11.3 Å². The Kier molecular flexibility index (Phi) is 6.36. The van der Waals surface area contributed by atoms with Gasteiger partial charge in [0.2, 0.25) is 5.95 Å². The Morgan fingerprint density at radius 2 is 1.81 bits per heavy atom. The van der Waals surface area contributed by atoms with Crippen LogP contribution in [0.5, 0.6) is 0 Å². The highest BCUT2D eigenvalue weighted by Crippen LogP contribution is 2.26. The van der Waals surface area contributed by atoms with Crippen LogP contribution in [-0.4, -0.2) is 47.0 Å². The van der Waals surface area contributed by atoms with E-state index in [1.54, 1.807) is 12.4 Å². The molecule has 0 aliphatic rings. The van der Waals surface area contributed by atoms with Gasteiger partial charge in [0.25, 0.3) is 0 Å². The Bertz CT molecular complexity index is 898. The summed E-state index contributed by atoms with van der Waals surface area (Å²) in [5, 5.41) is 6.72. The first-order chi connectivity index (χ1) is 13.0. The molecule has 3 aromatic rings. The van der Waals surface area contributed by atoms with Crippen molar-refractivity contribution in [2.75, 3.05) is 37.8 Å². The molecule has 0 aliphatic carbocycles. The summed E-state index contributed by atoms with van der Waals surface area (Å²) < 4.78 is 1.05. The third kappa shape index (κ3) is 5.48. The molecule has 2 N–H and O–H groups in total. The summed E-state index contributed by atoms with van der Waals surface area (Å²) in [6.45, 7) is 3.73. The van der Waals surface area contributed by atoms with E-state index in [1.165, 1.54) is 0 Å². The molecule has 3 rings (SSSR count). The van der Waals surface area contributed by atoms with Crippen molar-refractivity contribution in [3.05, 3.63) is 58.8 Å². The van der Waals surface area contributed by atoms with Crippen molar-refractivity contribution in [1.29, 1.82) is 0 Å². The number of halogens is 1. The minimum absolute atomic E-state index is 0.600. The molecule has 6 nitrogen and oxygen atoms in total. The molecule has 0 bridgehead atoms. The fourth-order valence-electron chi connectivity index (χ4n) is 2.56. The largest absolute Gasteiger partial charge is 0.353 e. The van der Waals surface area contributed by atoms with Gasteiger partial charge >= 0.3 is 0 Å². The molecule has 27 heavy (non-hydrogen) atoms. The number of nitrogens with zero attached hydrogens (tertiary/aromatic N) is 4. The molecule has 0 radical (unpaired) electrons. The minimum atomic E-state index is 0.600. The number of aromatic nitrogens is 3. The summed E-state index contributed by atoms with van der Waals surface area (Å²) in [6.07, 6.45) is 3.53. The van der Waals surface area contributed by atoms with E-state index in [0.29, 0.717) is 5.95 Å². The molecule has 1 aromatic carbocycles. The smallest absolute Gasteiger partial charge is 0.225 e. The van der Waals surface area contributed by atoms with Crippen molar-refractivity contribution in [2.24, 2.45) is 0 Å². The summed E-state index contributed by atoms with van der Waals surface area (Å²) in [7, 11) is 4.08. The molecule has 0 fully saturated rings. The van der Waals surface area contributed by atoms with Gasteiger partial charge in [-0.2, -0.15) is 4.98 Å². The summed E-state index contributed by atoms with van der Waals surface area (Å²) in [6, 6.07) is 12.0. The van der Waals surface area contributed by atoms with Gasteiger partial charge in [0.1, 0.15) is 5.82 Å². The van der Waals surface area contributed by atoms with Crippen LogP contribution >= 0.6 is 15.9 Å². The Morgan fingerprint density at radius 1 is 1.04 bits per heavy atom. The number of benzene rings is 1. The lowest BCUT2D eigenvalue weighted by molar-refractivity contribution is 0.425. The first-order valence-corrected chi connectivity index (χ1v) is 9.52. The van der Waals surface area contributed by atoms with E-state index >= 15 is 0 Å². The predicted molar refractivity (Wildman–Crippen MR) is 114 cm³/mol. The molecule has 0 spiro atoms. The fourth-order valence-corrected chi connectivity index (χ4v) is 3.03. The second-order valence-electron chi connectivity index (χ2n) is 6.51. The Morgan fingerprint density at radius 3 is 2.52 bits per heavy atom. The number of anilines is 3. The van der Waals surface area contributed by atoms with Crippen molar-refractivity contribution in [3.63, 3.8) is 0 Å². The maximum absolute atomic E-state index is 4.66. The van der Waals surface area contributed by atoms with Gasteiger partial charge in [-0.3, -0.25) is 4.98 Å². The number of hydrogen-bond acceptors (Lipinski definition) is 6. The van der Waals surface area contributed by atoms with Crippen molar-refractivity contribution in [2.45, 2.75) is 6.92 Å². The zero-order valence-electron chi connectivity index (χ0n) is 15.7. The molecular formula is C20H23BrN6. The van der Waals surface area contributed by atoms with Crippen LogP contribution in [0.3, 0.4) is 0 Å². The van der Waals surface area contributed by atoms with E-state index in [9.17, 15) is 0 Å². The van der Waals surface area contributed by atoms with Gasteiger partial charge in [0.15, 0.2) is 0 Å². The fraction of sp³-hybridized carbons (Fsp3) is 0.250. The maximum atomic E-state index is 4.66. The molecular weight excluding hydrogens is 404 g/mol. The van der Waals surface area contributed by atoms with Crippen LogP contribution in [0.2, 0.25) is 0 Å². The lowest BCUT2D eigenvalue weighted by Gasteiger charge is -2.14. The monoisotopic (exact) mass is 426 g/mol. The topological polar surface area (TPSA) is 66.0 Å². The first-order valence-electron chi connectivity index (χ1n) is 8.72. The quantitative estimate of drug-likeness (QED) is 0.585. The van der Waals surface area contributed by atoms with Gasteiger partial charge in [-0.1, -0.05) is 15.9 Å². The minimum Gasteiger partial charge on any atom is -0.353 e. The highest BCUT2D eigenvalue weighted by molar-refractivity contribution is 9.10. The lowest BCUT2D eigenvalue weighted by Crippen LogP contribution is -2.21. The van der Waals surface area contributed by atoms with Gasteiger partial charge in [0.05, 0.1) is 5.69 Å². The van der Waals surface area contributed by atoms with Crippen LogP contribution in [0, 0.1) is 6.92 Å². The maximum Gasteiger partial charge on any atom is 0.225 e. The Hall–Kier alpha value is -2.51. The average Bonchev–Trinajstić information content (AvgIpc) is 2.64. The van der Waals surface area contributed by atoms with E-state index in [1.807, 2.05) is 44.4 Å². The molecule has 0 aliphatic heterocycles. The first kappa shape index (κ1) is 19.3. The molecule has 0 unspecified atom stereocenters. The summed E-state index contributed by atoms with van der Waals surface area (Å²) in [4.78, 5) is 15.5. The number of nitrogens with one attached hydrogen (secondary N) is 2. The lowest BCUT2D eigenvalue weighted by atomic mass is 10.2. The number of aryl methyl sites for hydroxylation is 1. The zero-order valence-corrected chi connectivity index (χ0v) is 17.3. The highest BCUT2D eigenvalue weighted by Gasteiger charge is 2.08. The average molecular weight is 427 g/mol. The van der Waals surface area contributed by atoms with Gasteiger partial charge in [0, 0.05) is 47.3 Å². The molecule has 140 valence electrons. The van der Waals surface area contributed by atoms with Crippen LogP contribution in [-0.2, 0) is 0 Å². The summed E-state index contributed by atoms with van der Waals surface area (Å²) in [5.41, 5.74) is 3.99. The molecule has 2 heterocycles. The van der Waals surface area contributed by atoms with Gasteiger partial charge in [-0.05, 0) is 56.9 Å². The molecule has 0 amide bonds. The Balaban J connectivity index is 1.91. The highest BCUT2D eigenvalue weighted by atomic mass is 79.9. The van der Waals surface area contributed by atoms with Crippen molar-refractivity contribution >= 4 is 33.4 Å². The second-order valence-corrected chi connectivity index (χ2v) is 7.43. The molecule has 0 saturated carbocycles. The van der Waals surface area contributed by atoms with E-state index in [-0.39, 0.29) is 0 Å². The summed E-state index contributed by atoms with van der Waals surface area (Å²) >= 11 is 3.50. The van der Waals surface area contributed by atoms with Crippen LogP contribution in [0.1, 0.15) is 5.56 Å². The molecule has 2 aromatic heterocycles. The van der Waals surface area contributed by atoms with Crippen molar-refractivity contribution < 1.29 is 0 Å². The predicted octanol–water partition coefficient (Wildman–Crippen LogP) is 4.33. The third-order valence-corrected chi connectivity index (χ3v) is 4.49. The Labute approximate surface area is 168 Å². The van der Waals surface area contributed by atoms with Crippen LogP contribution in [0.25, 0.3) is 11.3 Å². The van der Waals surface area contributed by atoms with E-state index in [0.717, 1.165) is 45.9 Å². The number of pyridine rings is 1. The van der Waals surface area contributed by atoms with Crippen LogP contribution in [0.4, 0.5) is 17.5 Å². The second kappa shape index (κ2) is 8.92. The van der Waals surface area contributed by atoms with E-state index in [4.69, 9.17) is 0 Å². The molecule has 0 atom stereocenters. The molecule has 0 saturated heterocycles. The zero-order chi connectivity index (χ0) is 19.2. The van der Waals surface area contributed by atoms with Gasteiger partial charge < -0.3 is 15.5 Å². The SMILES string of the molecule is Cc1cc(Br)ccc1Nc1cc(-c2ccncc2)nc(NCCN(C)C)n1. The van der Waals surface area contributed by atoms with Gasteiger partial charge in [-0.15, -0.1) is 0 Å². The number of rotatable bonds is 7. The van der Waals surface area contributed by atoms with Gasteiger partial charge in [-0.25, -0.2) is 4.98 Å². The molecule has 7 heteroatoms. The van der Waals surface area contributed by atoms with Crippen molar-refractivity contribution in [1.82, 2.24) is 19.9 Å². The van der Waals surface area contributed by atoms with E-state index in [2.05, 4.69) is 59.4 Å². The summed E-state index contributed by atoms with van der Waals surface area (Å²) in [5.74, 6) is 1.35. The van der Waals surface area contributed by atoms with Crippen LogP contribution in [0.15, 0.2) is 53.3 Å². The number of likely N-dealkylation sites (N-methyl/N-ethyl adjacent to an activating group) is 1. The normalized spacial score (nSPS) is 10.9. The third-order valence-electron chi connectivity index (χ3n) is 4.00.